The molecule has 0 unspecified atom stereocenters. The number of ether oxygens (including phenoxy) is 1. The summed E-state index contributed by atoms with van der Waals surface area (Å²) in [5.41, 5.74) is 3.02. The lowest BCUT2D eigenvalue weighted by atomic mass is 10.1. The molecule has 0 aromatic heterocycles. The third-order valence-electron chi connectivity index (χ3n) is 4.01. The summed E-state index contributed by atoms with van der Waals surface area (Å²) in [6, 6.07) is 15.1. The van der Waals surface area contributed by atoms with Gasteiger partial charge in [-0.25, -0.2) is 0 Å². The van der Waals surface area contributed by atoms with Crippen LogP contribution in [0.5, 0.6) is 5.75 Å². The van der Waals surface area contributed by atoms with Crippen LogP contribution in [0.4, 0.5) is 11.4 Å². The maximum absolute atomic E-state index is 12.9. The van der Waals surface area contributed by atoms with E-state index in [0.717, 1.165) is 34.1 Å². The molecule has 0 atom stereocenters. The van der Waals surface area contributed by atoms with Crippen LogP contribution in [-0.4, -0.2) is 36.5 Å². The molecule has 0 bridgehead atoms. The van der Waals surface area contributed by atoms with Gasteiger partial charge in [0.2, 0.25) is 11.5 Å². The van der Waals surface area contributed by atoms with E-state index in [4.69, 9.17) is 4.74 Å². The number of amidine groups is 1. The highest BCUT2D eigenvalue weighted by Gasteiger charge is 2.37. The van der Waals surface area contributed by atoms with E-state index in [9.17, 15) is 5.21 Å². The Morgan fingerprint density at radius 2 is 1.91 bits per heavy atom. The number of para-hydroxylation sites is 2. The zero-order valence-electron chi connectivity index (χ0n) is 12.2. The lowest BCUT2D eigenvalue weighted by Gasteiger charge is -2.27. The Morgan fingerprint density at radius 1 is 1.14 bits per heavy atom. The van der Waals surface area contributed by atoms with Gasteiger partial charge in [0.05, 0.1) is 19.2 Å². The van der Waals surface area contributed by atoms with Gasteiger partial charge in [0.1, 0.15) is 11.4 Å². The Kier molecular flexibility index (Phi) is 2.85. The second kappa shape index (κ2) is 4.87. The van der Waals surface area contributed by atoms with E-state index in [0.29, 0.717) is 17.9 Å². The molecule has 0 spiro atoms. The molecule has 0 aliphatic carbocycles. The molecule has 0 saturated heterocycles. The quantitative estimate of drug-likeness (QED) is 0.631. The van der Waals surface area contributed by atoms with Gasteiger partial charge in [-0.15, -0.1) is 0 Å². The SMILES string of the molecule is COc1ccc(C2=[N+]([O-])c3ccccc3N3CCN=C23)cc1. The van der Waals surface area contributed by atoms with E-state index >= 15 is 0 Å². The van der Waals surface area contributed by atoms with Crippen molar-refractivity contribution in [2.24, 2.45) is 4.99 Å². The number of hydrogen-bond donors (Lipinski definition) is 0. The monoisotopic (exact) mass is 293 g/mol. The van der Waals surface area contributed by atoms with E-state index in [1.807, 2.05) is 48.5 Å². The van der Waals surface area contributed by atoms with Gasteiger partial charge in [-0.1, -0.05) is 12.1 Å². The van der Waals surface area contributed by atoms with Crippen LogP contribution in [0.3, 0.4) is 0 Å². The van der Waals surface area contributed by atoms with Gasteiger partial charge in [0.15, 0.2) is 0 Å². The van der Waals surface area contributed by atoms with Crippen LogP contribution in [0.15, 0.2) is 53.5 Å². The summed E-state index contributed by atoms with van der Waals surface area (Å²) in [6.45, 7) is 1.51. The maximum atomic E-state index is 12.9. The van der Waals surface area contributed by atoms with Gasteiger partial charge in [0, 0.05) is 12.6 Å². The first-order valence-corrected chi connectivity index (χ1v) is 7.19. The van der Waals surface area contributed by atoms with Crippen molar-refractivity contribution < 1.29 is 9.48 Å². The summed E-state index contributed by atoms with van der Waals surface area (Å²) in [7, 11) is 1.63. The molecule has 5 nitrogen and oxygen atoms in total. The lowest BCUT2D eigenvalue weighted by Crippen LogP contribution is -2.41. The number of fused-ring (bicyclic) bond motifs is 3. The molecule has 2 aromatic rings. The minimum atomic E-state index is 0.596. The van der Waals surface area contributed by atoms with Crippen LogP contribution in [-0.2, 0) is 0 Å². The molecule has 4 rings (SSSR count). The summed E-state index contributed by atoms with van der Waals surface area (Å²) < 4.78 is 6.17. The number of hydrogen-bond acceptors (Lipinski definition) is 4. The molecular weight excluding hydrogens is 278 g/mol. The first-order valence-electron chi connectivity index (χ1n) is 7.19. The zero-order valence-corrected chi connectivity index (χ0v) is 12.2. The average molecular weight is 293 g/mol. The van der Waals surface area contributed by atoms with Gasteiger partial charge >= 0.3 is 0 Å². The molecule has 0 fully saturated rings. The molecule has 110 valence electrons. The molecule has 5 heteroatoms. The zero-order chi connectivity index (χ0) is 15.1. The number of nitrogens with zero attached hydrogens (tertiary/aromatic N) is 3. The minimum absolute atomic E-state index is 0.596. The number of methoxy groups -OCH3 is 1. The second-order valence-electron chi connectivity index (χ2n) is 5.22. The molecule has 0 N–H and O–H groups in total. The number of benzene rings is 2. The number of anilines is 1. The Bertz CT molecular complexity index is 794. The number of aliphatic imine (C=N–C) groups is 1. The van der Waals surface area contributed by atoms with Crippen LogP contribution in [0.2, 0.25) is 0 Å². The summed E-state index contributed by atoms with van der Waals surface area (Å²) in [4.78, 5) is 6.65. The highest BCUT2D eigenvalue weighted by atomic mass is 16.5. The van der Waals surface area contributed by atoms with Crippen LogP contribution >= 0.6 is 0 Å². The van der Waals surface area contributed by atoms with E-state index in [2.05, 4.69) is 9.89 Å². The van der Waals surface area contributed by atoms with Crippen molar-refractivity contribution in [3.63, 3.8) is 0 Å². The van der Waals surface area contributed by atoms with Gasteiger partial charge in [-0.3, -0.25) is 4.99 Å². The minimum Gasteiger partial charge on any atom is -0.618 e. The maximum Gasteiger partial charge on any atom is 0.267 e. The Balaban J connectivity index is 1.92. The Labute approximate surface area is 128 Å². The molecule has 2 aromatic carbocycles. The van der Waals surface area contributed by atoms with Crippen molar-refractivity contribution in [2.45, 2.75) is 0 Å². The molecule has 2 aliphatic rings. The second-order valence-corrected chi connectivity index (χ2v) is 5.22. The van der Waals surface area contributed by atoms with Gasteiger partial charge < -0.3 is 14.8 Å². The smallest absolute Gasteiger partial charge is 0.267 e. The van der Waals surface area contributed by atoms with Crippen LogP contribution in [0, 0.1) is 5.21 Å². The van der Waals surface area contributed by atoms with E-state index < -0.39 is 0 Å². The largest absolute Gasteiger partial charge is 0.618 e. The number of rotatable bonds is 2. The predicted octanol–water partition coefficient (Wildman–Crippen LogP) is 2.56. The van der Waals surface area contributed by atoms with Crippen molar-refractivity contribution in [1.82, 2.24) is 0 Å². The van der Waals surface area contributed by atoms with Gasteiger partial charge in [-0.2, -0.15) is 4.74 Å². The fourth-order valence-electron chi connectivity index (χ4n) is 2.96. The van der Waals surface area contributed by atoms with Gasteiger partial charge in [-0.05, 0) is 30.3 Å². The average Bonchev–Trinajstić information content (AvgIpc) is 3.05. The summed E-state index contributed by atoms with van der Waals surface area (Å²) >= 11 is 0. The topological polar surface area (TPSA) is 50.9 Å². The molecule has 0 radical (unpaired) electrons. The molecule has 2 heterocycles. The Hall–Kier alpha value is -2.82. The van der Waals surface area contributed by atoms with Crippen molar-refractivity contribution in [1.29, 1.82) is 0 Å². The fraction of sp³-hybridized carbons (Fsp3) is 0.176. The summed E-state index contributed by atoms with van der Waals surface area (Å²) in [5, 5.41) is 12.9. The van der Waals surface area contributed by atoms with Crippen molar-refractivity contribution in [3.8, 4) is 5.75 Å². The van der Waals surface area contributed by atoms with Crippen LogP contribution in [0.1, 0.15) is 5.56 Å². The summed E-state index contributed by atoms with van der Waals surface area (Å²) in [6.07, 6.45) is 0. The van der Waals surface area contributed by atoms with Crippen molar-refractivity contribution in [2.75, 3.05) is 25.1 Å². The molecule has 22 heavy (non-hydrogen) atoms. The molecular formula is C17H15N3O2. The van der Waals surface area contributed by atoms with E-state index in [1.165, 1.54) is 0 Å². The normalized spacial score (nSPS) is 16.2. The van der Waals surface area contributed by atoms with Crippen LogP contribution in [0.25, 0.3) is 0 Å². The molecule has 2 aliphatic heterocycles. The Morgan fingerprint density at radius 3 is 2.68 bits per heavy atom. The highest BCUT2D eigenvalue weighted by molar-refractivity contribution is 6.51. The lowest BCUT2D eigenvalue weighted by molar-refractivity contribution is -0.358. The third-order valence-corrected chi connectivity index (χ3v) is 4.01. The summed E-state index contributed by atoms with van der Waals surface area (Å²) in [5.74, 6) is 1.52. The first kappa shape index (κ1) is 12.9. The third kappa shape index (κ3) is 1.79. The standard InChI is InChI=1S/C17H15N3O2/c1-22-13-8-6-12(7-9-13)16-17-18-10-11-19(17)14-4-2-3-5-15(14)20(16)21/h2-9H,10-11H2,1H3. The van der Waals surface area contributed by atoms with Crippen molar-refractivity contribution >= 4 is 22.9 Å². The van der Waals surface area contributed by atoms with E-state index in [1.54, 1.807) is 7.11 Å². The van der Waals surface area contributed by atoms with Gasteiger partial charge in [0.25, 0.3) is 5.71 Å². The predicted molar refractivity (Wildman–Crippen MR) is 86.5 cm³/mol. The molecule has 0 saturated carbocycles. The van der Waals surface area contributed by atoms with Crippen LogP contribution < -0.4 is 9.64 Å². The van der Waals surface area contributed by atoms with E-state index in [-0.39, 0.29) is 0 Å². The van der Waals surface area contributed by atoms with Crippen molar-refractivity contribution in [3.05, 3.63) is 59.3 Å². The molecule has 0 amide bonds. The highest BCUT2D eigenvalue weighted by Crippen LogP contribution is 2.34. The first-order chi connectivity index (χ1) is 10.8. The fourth-order valence-corrected chi connectivity index (χ4v) is 2.96.